The van der Waals surface area contributed by atoms with Gasteiger partial charge in [-0.05, 0) is 0 Å². The third kappa shape index (κ3) is 2.10. The first-order chi connectivity index (χ1) is 7.46. The molecular formula is C8H5F3N4O. The van der Waals surface area contributed by atoms with Crippen LogP contribution < -0.4 is 5.32 Å². The lowest BCUT2D eigenvalue weighted by Gasteiger charge is -2.05. The van der Waals surface area contributed by atoms with Crippen LogP contribution in [0.25, 0.3) is 5.65 Å². The fourth-order valence-electron chi connectivity index (χ4n) is 1.15. The maximum atomic E-state index is 11.9. The summed E-state index contributed by atoms with van der Waals surface area (Å²) >= 11 is 0. The standard InChI is InChI=1S/C8H5F3N4O/c9-8(10,11)14-7(16)5-4-15-2-1-12-3-6(15)13-5/h1-4H,(H,14,16). The molecule has 0 aliphatic heterocycles. The van der Waals surface area contributed by atoms with Crippen LogP contribution in [0.4, 0.5) is 13.2 Å². The molecule has 2 rings (SSSR count). The van der Waals surface area contributed by atoms with Gasteiger partial charge in [0.25, 0.3) is 5.91 Å². The zero-order valence-electron chi connectivity index (χ0n) is 7.69. The Morgan fingerprint density at radius 3 is 2.81 bits per heavy atom. The van der Waals surface area contributed by atoms with Crippen LogP contribution in [-0.2, 0) is 0 Å². The summed E-state index contributed by atoms with van der Waals surface area (Å²) in [7, 11) is 0. The highest BCUT2D eigenvalue weighted by Gasteiger charge is 2.31. The van der Waals surface area contributed by atoms with Crippen molar-refractivity contribution in [2.45, 2.75) is 6.30 Å². The van der Waals surface area contributed by atoms with Crippen LogP contribution in [0.1, 0.15) is 10.5 Å². The van der Waals surface area contributed by atoms with Gasteiger partial charge >= 0.3 is 6.30 Å². The summed E-state index contributed by atoms with van der Waals surface area (Å²) in [5.74, 6) is -1.30. The number of hydrogen-bond donors (Lipinski definition) is 1. The molecule has 8 heteroatoms. The largest absolute Gasteiger partial charge is 0.484 e. The molecule has 2 aromatic heterocycles. The number of nitrogens with zero attached hydrogens (tertiary/aromatic N) is 3. The Hall–Kier alpha value is -2.12. The zero-order valence-corrected chi connectivity index (χ0v) is 7.69. The first-order valence-electron chi connectivity index (χ1n) is 4.14. The second-order valence-electron chi connectivity index (χ2n) is 2.92. The number of alkyl halides is 3. The summed E-state index contributed by atoms with van der Waals surface area (Å²) in [6, 6.07) is 0. The molecule has 1 N–H and O–H groups in total. The van der Waals surface area contributed by atoms with Crippen molar-refractivity contribution in [2.24, 2.45) is 0 Å². The third-order valence-corrected chi connectivity index (χ3v) is 1.75. The summed E-state index contributed by atoms with van der Waals surface area (Å²) in [5, 5.41) is 0.861. The molecule has 0 aliphatic rings. The maximum absolute atomic E-state index is 11.9. The summed E-state index contributed by atoms with van der Waals surface area (Å²) in [5.41, 5.74) is -0.0138. The molecule has 0 bridgehead atoms. The van der Waals surface area contributed by atoms with E-state index >= 15 is 0 Å². The second-order valence-corrected chi connectivity index (χ2v) is 2.92. The van der Waals surface area contributed by atoms with E-state index in [0.29, 0.717) is 5.65 Å². The Morgan fingerprint density at radius 2 is 2.19 bits per heavy atom. The average molecular weight is 230 g/mol. The highest BCUT2D eigenvalue weighted by Crippen LogP contribution is 2.11. The monoisotopic (exact) mass is 230 g/mol. The lowest BCUT2D eigenvalue weighted by molar-refractivity contribution is -0.146. The van der Waals surface area contributed by atoms with Crippen molar-refractivity contribution >= 4 is 11.6 Å². The predicted octanol–water partition coefficient (Wildman–Crippen LogP) is 0.979. The van der Waals surface area contributed by atoms with Crippen LogP contribution in [0.5, 0.6) is 0 Å². The highest BCUT2D eigenvalue weighted by atomic mass is 19.4. The lowest BCUT2D eigenvalue weighted by Crippen LogP contribution is -2.37. The number of imidazole rings is 1. The molecule has 1 amide bonds. The van der Waals surface area contributed by atoms with E-state index in [4.69, 9.17) is 0 Å². The summed E-state index contributed by atoms with van der Waals surface area (Å²) < 4.78 is 37.0. The van der Waals surface area contributed by atoms with E-state index in [1.165, 1.54) is 29.2 Å². The predicted molar refractivity (Wildman–Crippen MR) is 46.5 cm³/mol. The number of rotatable bonds is 1. The van der Waals surface area contributed by atoms with Crippen LogP contribution in [0.2, 0.25) is 0 Å². The van der Waals surface area contributed by atoms with Crippen LogP contribution >= 0.6 is 0 Å². The maximum Gasteiger partial charge on any atom is 0.484 e. The number of fused-ring (bicyclic) bond motifs is 1. The Kier molecular flexibility index (Phi) is 2.26. The number of nitrogens with one attached hydrogen (secondary N) is 1. The van der Waals surface area contributed by atoms with E-state index < -0.39 is 12.2 Å². The van der Waals surface area contributed by atoms with Gasteiger partial charge in [0.15, 0.2) is 5.65 Å². The Bertz CT molecular complexity index is 500. The first-order valence-corrected chi connectivity index (χ1v) is 4.14. The molecule has 16 heavy (non-hydrogen) atoms. The van der Waals surface area contributed by atoms with Crippen molar-refractivity contribution in [2.75, 3.05) is 0 Å². The van der Waals surface area contributed by atoms with Gasteiger partial charge in [-0.25, -0.2) is 4.98 Å². The minimum Gasteiger partial charge on any atom is -0.303 e. The molecule has 0 radical (unpaired) electrons. The van der Waals surface area contributed by atoms with Gasteiger partial charge in [-0.15, -0.1) is 0 Å². The van der Waals surface area contributed by atoms with E-state index in [0.717, 1.165) is 5.32 Å². The van der Waals surface area contributed by atoms with E-state index in [1.807, 2.05) is 0 Å². The van der Waals surface area contributed by atoms with Crippen molar-refractivity contribution in [1.29, 1.82) is 0 Å². The van der Waals surface area contributed by atoms with E-state index in [-0.39, 0.29) is 5.69 Å². The number of halogens is 3. The third-order valence-electron chi connectivity index (χ3n) is 1.75. The number of amides is 1. The van der Waals surface area contributed by atoms with Gasteiger partial charge in [-0.3, -0.25) is 15.1 Å². The topological polar surface area (TPSA) is 59.3 Å². The Labute approximate surface area is 86.9 Å². The van der Waals surface area contributed by atoms with Crippen molar-refractivity contribution in [1.82, 2.24) is 19.7 Å². The minimum atomic E-state index is -4.76. The number of carbonyl (C=O) groups is 1. The molecule has 2 aromatic rings. The number of aromatic nitrogens is 3. The fourth-order valence-corrected chi connectivity index (χ4v) is 1.15. The molecule has 0 unspecified atom stereocenters. The summed E-state index contributed by atoms with van der Waals surface area (Å²) in [6.45, 7) is 0. The van der Waals surface area contributed by atoms with Crippen molar-refractivity contribution < 1.29 is 18.0 Å². The zero-order chi connectivity index (χ0) is 11.8. The first kappa shape index (κ1) is 10.4. The molecule has 0 aromatic carbocycles. The average Bonchev–Trinajstić information content (AvgIpc) is 2.58. The van der Waals surface area contributed by atoms with E-state index in [1.54, 1.807) is 0 Å². The smallest absolute Gasteiger partial charge is 0.303 e. The quantitative estimate of drug-likeness (QED) is 0.743. The van der Waals surface area contributed by atoms with Gasteiger partial charge in [0.1, 0.15) is 5.69 Å². The van der Waals surface area contributed by atoms with E-state index in [9.17, 15) is 18.0 Å². The van der Waals surface area contributed by atoms with Crippen LogP contribution in [-0.4, -0.2) is 26.6 Å². The van der Waals surface area contributed by atoms with Gasteiger partial charge in [0, 0.05) is 18.6 Å². The molecule has 0 saturated heterocycles. The van der Waals surface area contributed by atoms with Gasteiger partial charge < -0.3 is 4.40 Å². The summed E-state index contributed by atoms with van der Waals surface area (Å²) in [4.78, 5) is 18.5. The molecule has 2 heterocycles. The summed E-state index contributed by atoms with van der Waals surface area (Å²) in [6.07, 6.45) is 0.681. The van der Waals surface area contributed by atoms with Gasteiger partial charge in [-0.1, -0.05) is 0 Å². The van der Waals surface area contributed by atoms with Gasteiger partial charge in [0.05, 0.1) is 6.20 Å². The van der Waals surface area contributed by atoms with Crippen molar-refractivity contribution in [3.8, 4) is 0 Å². The molecule has 0 spiro atoms. The highest BCUT2D eigenvalue weighted by molar-refractivity contribution is 5.93. The van der Waals surface area contributed by atoms with Crippen LogP contribution in [0.3, 0.4) is 0 Å². The molecule has 5 nitrogen and oxygen atoms in total. The molecule has 0 aliphatic carbocycles. The fraction of sp³-hybridized carbons (Fsp3) is 0.125. The SMILES string of the molecule is O=C(NC(F)(F)F)c1cn2ccncc2n1. The second kappa shape index (κ2) is 3.47. The van der Waals surface area contributed by atoms with Crippen LogP contribution in [0, 0.1) is 0 Å². The number of carbonyl (C=O) groups excluding carboxylic acids is 1. The molecule has 0 fully saturated rings. The van der Waals surface area contributed by atoms with Crippen LogP contribution in [0.15, 0.2) is 24.8 Å². The van der Waals surface area contributed by atoms with Gasteiger partial charge in [-0.2, -0.15) is 13.2 Å². The molecule has 0 atom stereocenters. The number of hydrogen-bond acceptors (Lipinski definition) is 3. The molecular weight excluding hydrogens is 225 g/mol. The van der Waals surface area contributed by atoms with Gasteiger partial charge in [0.2, 0.25) is 0 Å². The van der Waals surface area contributed by atoms with Crippen molar-refractivity contribution in [3.63, 3.8) is 0 Å². The Balaban J connectivity index is 2.30. The Morgan fingerprint density at radius 1 is 1.44 bits per heavy atom. The molecule has 0 saturated carbocycles. The van der Waals surface area contributed by atoms with Crippen molar-refractivity contribution in [3.05, 3.63) is 30.5 Å². The van der Waals surface area contributed by atoms with E-state index in [2.05, 4.69) is 9.97 Å². The minimum absolute atomic E-state index is 0.301. The normalized spacial score (nSPS) is 11.7. The molecule has 84 valence electrons. The lowest BCUT2D eigenvalue weighted by atomic mass is 10.4.